The van der Waals surface area contributed by atoms with E-state index in [1.54, 1.807) is 12.1 Å². The van der Waals surface area contributed by atoms with Gasteiger partial charge in [-0.2, -0.15) is 0 Å². The maximum Gasteiger partial charge on any atom is 0.251 e. The molecular weight excluding hydrogens is 241 g/mol. The number of halogens is 1. The number of rotatable bonds is 3. The standard InChI is InChI=1S/C16H18FNO/c17-12-3-1-9(2-4-12)16(19)18-8-11-5-10-6-13(11)15-7-14(10)15/h1-4,10-11,13-15H,5-8H2,(H,18,19). The zero-order valence-corrected chi connectivity index (χ0v) is 10.8. The van der Waals surface area contributed by atoms with Crippen LogP contribution < -0.4 is 5.32 Å². The topological polar surface area (TPSA) is 29.1 Å². The molecule has 4 rings (SSSR count). The number of hydrogen-bond acceptors (Lipinski definition) is 1. The molecule has 2 bridgehead atoms. The molecule has 1 amide bonds. The number of fused-ring (bicyclic) bond motifs is 5. The molecule has 1 aromatic rings. The highest BCUT2D eigenvalue weighted by Crippen LogP contribution is 2.67. The van der Waals surface area contributed by atoms with Crippen molar-refractivity contribution < 1.29 is 9.18 Å². The summed E-state index contributed by atoms with van der Waals surface area (Å²) in [5.41, 5.74) is 0.550. The van der Waals surface area contributed by atoms with Gasteiger partial charge in [0.05, 0.1) is 0 Å². The smallest absolute Gasteiger partial charge is 0.251 e. The maximum absolute atomic E-state index is 12.8. The fourth-order valence-corrected chi connectivity index (χ4v) is 4.51. The van der Waals surface area contributed by atoms with Gasteiger partial charge in [0.25, 0.3) is 5.91 Å². The van der Waals surface area contributed by atoms with Crippen molar-refractivity contribution in [2.45, 2.75) is 19.3 Å². The minimum Gasteiger partial charge on any atom is -0.352 e. The summed E-state index contributed by atoms with van der Waals surface area (Å²) in [5.74, 6) is 4.13. The summed E-state index contributed by atoms with van der Waals surface area (Å²) in [7, 11) is 0. The average molecular weight is 259 g/mol. The molecule has 3 aliphatic carbocycles. The molecule has 3 aliphatic rings. The van der Waals surface area contributed by atoms with Crippen LogP contribution in [-0.2, 0) is 0 Å². The lowest BCUT2D eigenvalue weighted by atomic mass is 9.88. The first-order valence-corrected chi connectivity index (χ1v) is 7.26. The zero-order chi connectivity index (χ0) is 13.0. The predicted octanol–water partition coefficient (Wildman–Crippen LogP) is 2.85. The van der Waals surface area contributed by atoms with Crippen molar-refractivity contribution in [1.82, 2.24) is 5.32 Å². The van der Waals surface area contributed by atoms with Crippen molar-refractivity contribution in [2.24, 2.45) is 29.6 Å². The van der Waals surface area contributed by atoms with E-state index in [4.69, 9.17) is 0 Å². The van der Waals surface area contributed by atoms with E-state index in [-0.39, 0.29) is 11.7 Å². The lowest BCUT2D eigenvalue weighted by molar-refractivity contribution is 0.0941. The second-order valence-electron chi connectivity index (χ2n) is 6.44. The molecule has 0 aromatic heterocycles. The molecule has 3 heteroatoms. The second-order valence-corrected chi connectivity index (χ2v) is 6.44. The molecule has 2 nitrogen and oxygen atoms in total. The molecule has 0 heterocycles. The summed E-state index contributed by atoms with van der Waals surface area (Å²) >= 11 is 0. The molecule has 1 N–H and O–H groups in total. The second kappa shape index (κ2) is 4.06. The van der Waals surface area contributed by atoms with E-state index in [1.165, 1.54) is 31.4 Å². The largest absolute Gasteiger partial charge is 0.352 e. The molecule has 100 valence electrons. The fourth-order valence-electron chi connectivity index (χ4n) is 4.51. The van der Waals surface area contributed by atoms with Crippen molar-refractivity contribution in [3.8, 4) is 0 Å². The van der Waals surface area contributed by atoms with Crippen LogP contribution in [0.4, 0.5) is 4.39 Å². The van der Waals surface area contributed by atoms with Gasteiger partial charge in [-0.15, -0.1) is 0 Å². The van der Waals surface area contributed by atoms with Crippen molar-refractivity contribution >= 4 is 5.91 Å². The molecule has 0 radical (unpaired) electrons. The average Bonchev–Trinajstić information content (AvgIpc) is 3.03. The van der Waals surface area contributed by atoms with E-state index < -0.39 is 0 Å². The van der Waals surface area contributed by atoms with Crippen LogP contribution in [-0.4, -0.2) is 12.5 Å². The highest BCUT2D eigenvalue weighted by Gasteiger charge is 2.60. The van der Waals surface area contributed by atoms with Crippen molar-refractivity contribution in [3.05, 3.63) is 35.6 Å². The number of benzene rings is 1. The van der Waals surface area contributed by atoms with Gasteiger partial charge in [-0.25, -0.2) is 4.39 Å². The molecule has 3 fully saturated rings. The summed E-state index contributed by atoms with van der Waals surface area (Å²) in [6.45, 7) is 0.792. The SMILES string of the molecule is O=C(NCC1CC2CC1C1CC21)c1ccc(F)cc1. The van der Waals surface area contributed by atoms with Crippen LogP contribution in [0.1, 0.15) is 29.6 Å². The van der Waals surface area contributed by atoms with E-state index in [2.05, 4.69) is 5.32 Å². The van der Waals surface area contributed by atoms with Gasteiger partial charge in [-0.3, -0.25) is 4.79 Å². The van der Waals surface area contributed by atoms with E-state index in [9.17, 15) is 9.18 Å². The van der Waals surface area contributed by atoms with Crippen molar-refractivity contribution in [2.75, 3.05) is 6.54 Å². The molecule has 0 aliphatic heterocycles. The number of amides is 1. The van der Waals surface area contributed by atoms with E-state index in [0.29, 0.717) is 11.5 Å². The zero-order valence-electron chi connectivity index (χ0n) is 10.8. The lowest BCUT2D eigenvalue weighted by Crippen LogP contribution is -2.32. The summed E-state index contributed by atoms with van der Waals surface area (Å²) in [4.78, 5) is 12.0. The third kappa shape index (κ3) is 1.87. The predicted molar refractivity (Wildman–Crippen MR) is 70.0 cm³/mol. The van der Waals surface area contributed by atoms with Crippen molar-refractivity contribution in [1.29, 1.82) is 0 Å². The number of hydrogen-bond donors (Lipinski definition) is 1. The van der Waals surface area contributed by atoms with Crippen LogP contribution >= 0.6 is 0 Å². The number of nitrogens with one attached hydrogen (secondary N) is 1. The Hall–Kier alpha value is -1.38. The maximum atomic E-state index is 12.8. The van der Waals surface area contributed by atoms with Crippen LogP contribution in [0.3, 0.4) is 0 Å². The van der Waals surface area contributed by atoms with Gasteiger partial charge in [-0.1, -0.05) is 0 Å². The highest BCUT2D eigenvalue weighted by atomic mass is 19.1. The van der Waals surface area contributed by atoms with Gasteiger partial charge in [-0.05, 0) is 73.1 Å². The Morgan fingerprint density at radius 3 is 2.58 bits per heavy atom. The van der Waals surface area contributed by atoms with Crippen LogP contribution in [0.5, 0.6) is 0 Å². The first kappa shape index (κ1) is 11.4. The Kier molecular flexibility index (Phi) is 2.44. The summed E-state index contributed by atoms with van der Waals surface area (Å²) < 4.78 is 12.8. The molecule has 0 saturated heterocycles. The van der Waals surface area contributed by atoms with Gasteiger partial charge >= 0.3 is 0 Å². The third-order valence-corrected chi connectivity index (χ3v) is 5.46. The molecular formula is C16H18FNO. The minimum atomic E-state index is -0.301. The van der Waals surface area contributed by atoms with Crippen LogP contribution in [0.25, 0.3) is 0 Å². The third-order valence-electron chi connectivity index (χ3n) is 5.46. The Morgan fingerprint density at radius 1 is 1.11 bits per heavy atom. The van der Waals surface area contributed by atoms with Gasteiger partial charge in [0.2, 0.25) is 0 Å². The summed E-state index contributed by atoms with van der Waals surface area (Å²) in [6.07, 6.45) is 4.14. The van der Waals surface area contributed by atoms with Gasteiger partial charge in [0.15, 0.2) is 0 Å². The lowest BCUT2D eigenvalue weighted by Gasteiger charge is -2.21. The van der Waals surface area contributed by atoms with Gasteiger partial charge in [0, 0.05) is 12.1 Å². The summed E-state index contributed by atoms with van der Waals surface area (Å²) in [6, 6.07) is 5.76. The van der Waals surface area contributed by atoms with Crippen LogP contribution in [0, 0.1) is 35.4 Å². The molecule has 0 spiro atoms. The monoisotopic (exact) mass is 259 g/mol. The Labute approximate surface area is 112 Å². The van der Waals surface area contributed by atoms with E-state index in [0.717, 1.165) is 30.2 Å². The van der Waals surface area contributed by atoms with Gasteiger partial charge in [0.1, 0.15) is 5.82 Å². The van der Waals surface area contributed by atoms with E-state index >= 15 is 0 Å². The molecule has 5 atom stereocenters. The number of carbonyl (C=O) groups is 1. The Balaban J connectivity index is 1.35. The van der Waals surface area contributed by atoms with Crippen LogP contribution in [0.2, 0.25) is 0 Å². The quantitative estimate of drug-likeness (QED) is 0.888. The van der Waals surface area contributed by atoms with E-state index in [1.807, 2.05) is 0 Å². The molecule has 5 unspecified atom stereocenters. The first-order chi connectivity index (χ1) is 9.22. The van der Waals surface area contributed by atoms with Crippen molar-refractivity contribution in [3.63, 3.8) is 0 Å². The summed E-state index contributed by atoms with van der Waals surface area (Å²) in [5, 5.41) is 3.02. The molecule has 3 saturated carbocycles. The van der Waals surface area contributed by atoms with Gasteiger partial charge < -0.3 is 5.32 Å². The first-order valence-electron chi connectivity index (χ1n) is 7.26. The fraction of sp³-hybridized carbons (Fsp3) is 0.562. The normalized spacial score (nSPS) is 38.1. The minimum absolute atomic E-state index is 0.0740. The Bertz CT molecular complexity index is 512. The number of carbonyl (C=O) groups excluding carboxylic acids is 1. The molecule has 1 aromatic carbocycles. The van der Waals surface area contributed by atoms with Crippen LogP contribution in [0.15, 0.2) is 24.3 Å². The Morgan fingerprint density at radius 2 is 1.89 bits per heavy atom. The highest BCUT2D eigenvalue weighted by molar-refractivity contribution is 5.94. The molecule has 19 heavy (non-hydrogen) atoms.